The Balaban J connectivity index is 0.000000194. The maximum absolute atomic E-state index is 15.6. The van der Waals surface area contributed by atoms with Crippen molar-refractivity contribution in [1.82, 2.24) is 39.0 Å². The fourth-order valence-corrected chi connectivity index (χ4v) is 12.1. The summed E-state index contributed by atoms with van der Waals surface area (Å²) in [5.74, 6) is -6.33. The van der Waals surface area contributed by atoms with Gasteiger partial charge in [0.25, 0.3) is 22.8 Å². The molecule has 514 valence electrons. The molecule has 11 N–H and O–H groups in total. The van der Waals surface area contributed by atoms with Crippen LogP contribution in [0.2, 0.25) is 0 Å². The van der Waals surface area contributed by atoms with E-state index in [0.29, 0.717) is 5.75 Å². The van der Waals surface area contributed by atoms with Crippen LogP contribution in [0.5, 0.6) is 5.75 Å². The molecule has 95 heavy (non-hydrogen) atoms. The molecule has 2 unspecified atom stereocenters. The summed E-state index contributed by atoms with van der Waals surface area (Å²) in [5, 5.41) is 25.0. The number of nitrogens with one attached hydrogen (secondary N) is 3. The molecule has 4 aliphatic rings. The highest BCUT2D eigenvalue weighted by molar-refractivity contribution is 7.38. The van der Waals surface area contributed by atoms with Crippen molar-refractivity contribution < 1.29 is 79.2 Å². The van der Waals surface area contributed by atoms with Gasteiger partial charge in [0, 0.05) is 0 Å². The number of benzene rings is 3. The van der Waals surface area contributed by atoms with E-state index in [1.807, 2.05) is 84.9 Å². The van der Waals surface area contributed by atoms with Crippen molar-refractivity contribution in [3.63, 3.8) is 0 Å². The van der Waals surface area contributed by atoms with Crippen LogP contribution >= 0.6 is 16.1 Å². The number of alkyl halides is 4. The first-order valence-electron chi connectivity index (χ1n) is 30.6. The van der Waals surface area contributed by atoms with Gasteiger partial charge in [0.05, 0.1) is 19.8 Å². The third-order valence-corrected chi connectivity index (χ3v) is 17.3. The number of nitrogen functional groups attached to an aromatic ring is 1. The summed E-state index contributed by atoms with van der Waals surface area (Å²) in [4.78, 5) is 68.7. The smallest absolute Gasteiger partial charge is 0.497 e. The lowest BCUT2D eigenvalue weighted by Crippen LogP contribution is -2.46. The maximum atomic E-state index is 15.6. The number of imidazole rings is 2. The first kappa shape index (κ1) is 73.1. The number of ether oxygens (including phenoxy) is 5. The van der Waals surface area contributed by atoms with Gasteiger partial charge in [0.15, 0.2) is 73.7 Å². The number of nitrogens with zero attached hydrogens (tertiary/aromatic N) is 6. The largest absolute Gasteiger partial charge is 0.505 e. The van der Waals surface area contributed by atoms with E-state index in [1.165, 1.54) is 51.9 Å². The molecule has 6 heterocycles. The van der Waals surface area contributed by atoms with E-state index >= 15 is 8.78 Å². The van der Waals surface area contributed by atoms with Gasteiger partial charge >= 0.3 is 28.0 Å². The number of aromatic amines is 2. The van der Waals surface area contributed by atoms with Crippen LogP contribution in [0.4, 0.5) is 29.5 Å². The minimum atomic E-state index is -3.14. The molecule has 0 bridgehead atoms. The molecule has 0 radical (unpaired) electrons. The van der Waals surface area contributed by atoms with Crippen LogP contribution in [0.25, 0.3) is 22.3 Å². The lowest BCUT2D eigenvalue weighted by molar-refractivity contribution is -0.191. The van der Waals surface area contributed by atoms with Crippen molar-refractivity contribution in [1.29, 1.82) is 0 Å². The highest BCUT2D eigenvalue weighted by Gasteiger charge is 2.67. The summed E-state index contributed by atoms with van der Waals surface area (Å²) in [6.07, 6.45) is 5.26. The Morgan fingerprint density at radius 3 is 1.45 bits per heavy atom. The zero-order chi connectivity index (χ0) is 69.2. The highest BCUT2D eigenvalue weighted by Crippen LogP contribution is 2.50. The summed E-state index contributed by atoms with van der Waals surface area (Å²) >= 11 is 0. The molecular weight excluding hydrogens is 1290 g/mol. The number of esters is 2. The van der Waals surface area contributed by atoms with Gasteiger partial charge in [-0.25, -0.2) is 27.5 Å². The van der Waals surface area contributed by atoms with Crippen LogP contribution in [0.1, 0.15) is 121 Å². The van der Waals surface area contributed by atoms with E-state index in [-0.39, 0.29) is 58.4 Å². The number of anilines is 2. The van der Waals surface area contributed by atoms with Gasteiger partial charge in [-0.2, -0.15) is 9.97 Å². The van der Waals surface area contributed by atoms with Gasteiger partial charge in [-0.1, -0.05) is 85.6 Å². The fraction of sp³-hybridized carbons (Fsp3) is 0.516. The first-order chi connectivity index (χ1) is 44.9. The van der Waals surface area contributed by atoms with Crippen molar-refractivity contribution in [2.75, 3.05) is 44.7 Å². The summed E-state index contributed by atoms with van der Waals surface area (Å²) in [6.45, 7) is 5.70. The Bertz CT molecular complexity index is 3820. The number of aliphatic hydroxyl groups is 2. The number of carbonyl (C=O) groups excluding carboxylic acids is 2. The molecule has 12 atom stereocenters. The Morgan fingerprint density at radius 2 is 1.06 bits per heavy atom. The number of hydrogen-bond donors (Lipinski definition) is 8. The monoisotopic (exact) mass is 1370 g/mol. The molecule has 0 spiro atoms. The predicted octanol–water partition coefficient (Wildman–Crippen LogP) is 8.00. The quantitative estimate of drug-likeness (QED) is 0.0174. The van der Waals surface area contributed by atoms with Crippen molar-refractivity contribution in [3.8, 4) is 5.75 Å². The SMILES string of the molecule is COc1ccc(C(Nc2nc3c(ncn3[C@@H]3O[C@](F)(CO[P+](C)=O)[C@@H](F)[C@@]3(C)O)c(=O)[nH]2)(c2ccccc2)c2ccccc2)cc1.C[C@H](N)C(=O)OC1CCCCC1.C[C@H](N)C(=O)OC1CCCCC1.C[P+](=O)OC[C@@]1(F)O[C@@H](n2cnc3c(=O)[nH]c(N)nc32)[C@](C)(O)[C@@H]1F. The zero-order valence-electron chi connectivity index (χ0n) is 53.4. The van der Waals surface area contributed by atoms with Gasteiger partial charge in [-0.15, -0.1) is 9.05 Å². The lowest BCUT2D eigenvalue weighted by atomic mass is 9.77. The second kappa shape index (κ2) is 31.0. The summed E-state index contributed by atoms with van der Waals surface area (Å²) in [5.41, 5.74) is 10.8. The number of halogens is 4. The number of nitrogens with two attached hydrogens (primary N) is 3. The molecule has 0 amide bonds. The number of methoxy groups -OCH3 is 1. The molecule has 3 aromatic carbocycles. The van der Waals surface area contributed by atoms with Gasteiger partial charge in [-0.05, 0) is 117 Å². The van der Waals surface area contributed by atoms with Gasteiger partial charge < -0.3 is 56.4 Å². The minimum Gasteiger partial charge on any atom is -0.497 e. The van der Waals surface area contributed by atoms with Gasteiger partial charge in [0.1, 0.15) is 46.8 Å². The molecule has 7 aromatic rings. The summed E-state index contributed by atoms with van der Waals surface area (Å²) in [6, 6.07) is 25.5. The zero-order valence-corrected chi connectivity index (χ0v) is 55.2. The van der Waals surface area contributed by atoms with Gasteiger partial charge in [-0.3, -0.25) is 38.3 Å². The van der Waals surface area contributed by atoms with E-state index in [2.05, 4.69) is 39.7 Å². The number of carbonyl (C=O) groups is 2. The Labute approximate surface area is 544 Å². The number of hydrogen-bond acceptors (Lipinski definition) is 23. The maximum Gasteiger partial charge on any atom is 0.505 e. The topological polar surface area (TPSA) is 391 Å². The lowest BCUT2D eigenvalue weighted by Gasteiger charge is -2.37. The average molecular weight is 1370 g/mol. The molecule has 4 aromatic heterocycles. The second-order valence-corrected chi connectivity index (χ2v) is 26.2. The third kappa shape index (κ3) is 16.8. The van der Waals surface area contributed by atoms with E-state index in [1.54, 1.807) is 21.0 Å². The van der Waals surface area contributed by atoms with Crippen molar-refractivity contribution in [2.24, 2.45) is 11.5 Å². The van der Waals surface area contributed by atoms with Crippen molar-refractivity contribution >= 4 is 62.2 Å². The molecular formula is C62H80F4N12O15P2+2. The van der Waals surface area contributed by atoms with Crippen LogP contribution in [-0.2, 0) is 52.3 Å². The third-order valence-electron chi connectivity index (χ3n) is 16.3. The second-order valence-electron chi connectivity index (χ2n) is 23.9. The van der Waals surface area contributed by atoms with Crippen LogP contribution in [-0.4, -0.2) is 154 Å². The van der Waals surface area contributed by atoms with Crippen LogP contribution in [0.15, 0.2) is 107 Å². The van der Waals surface area contributed by atoms with Crippen LogP contribution in [0.3, 0.4) is 0 Å². The Morgan fingerprint density at radius 1 is 0.674 bits per heavy atom. The number of aromatic nitrogens is 8. The molecule has 2 aliphatic carbocycles. The molecule has 2 aliphatic heterocycles. The van der Waals surface area contributed by atoms with E-state index in [9.17, 15) is 47.3 Å². The summed E-state index contributed by atoms with van der Waals surface area (Å²) < 4.78 is 121. The van der Waals surface area contributed by atoms with Crippen LogP contribution in [0, 0.1) is 0 Å². The van der Waals surface area contributed by atoms with Crippen molar-refractivity contribution in [3.05, 3.63) is 135 Å². The molecule has 2 saturated carbocycles. The van der Waals surface area contributed by atoms with Crippen molar-refractivity contribution in [2.45, 2.75) is 169 Å². The number of fused-ring (bicyclic) bond motifs is 2. The standard InChI is InChI=1S/C32H30F2N5O6P.C12H14F2N5O5P.2C9H17NO2/c1-30(41)27(33)31(34,18-44-46(3)42)45-28(30)39-19-35-24-25(39)36-29(37-26(24)40)38-32(20-10-6-4-7-11-20,21-12-8-5-9-13-21)22-14-16-23(43-2)17-15-22;1-11(21)8(13)12(14,3-23-25(2)22)24-9(11)19-4-16-5-6(19)17-10(15)18-7(5)20;2*1-7(10)9(11)12-8-5-3-2-4-6-8/h4-17,19,27-28,41H,18H2,1-3H3,(H-,36,37,38,40);4,8-9,21H,3H2,1-2H3,(H2-,15,17,18,20);2*7-8H,2-6,10H2,1H3/p+2/t27-,28+,30+,31+;8-,9+,11+,12+;2*7-/m0000/s1. The van der Waals surface area contributed by atoms with E-state index in [0.717, 1.165) is 78.0 Å². The Hall–Kier alpha value is -7.70. The molecule has 11 rings (SSSR count). The molecule has 2 saturated heterocycles. The van der Waals surface area contributed by atoms with E-state index in [4.69, 9.17) is 45.4 Å². The molecule has 4 fully saturated rings. The van der Waals surface area contributed by atoms with E-state index < -0.39 is 106 Å². The fourth-order valence-electron chi connectivity index (χ4n) is 11.4. The average Bonchev–Trinajstić information content (AvgIpc) is 1.67. The van der Waals surface area contributed by atoms with Crippen LogP contribution < -0.4 is 38.4 Å². The van der Waals surface area contributed by atoms with Gasteiger partial charge in [0.2, 0.25) is 11.9 Å². The number of rotatable bonds is 18. The Kier molecular flexibility index (Phi) is 23.9. The minimum absolute atomic E-state index is 0.00460. The summed E-state index contributed by atoms with van der Waals surface area (Å²) in [7, 11) is -2.91. The molecule has 33 heteroatoms. The molecule has 27 nitrogen and oxygen atoms in total. The number of H-pyrrole nitrogens is 2. The highest BCUT2D eigenvalue weighted by atomic mass is 31.1. The predicted molar refractivity (Wildman–Crippen MR) is 341 cm³/mol. The first-order valence-corrected chi connectivity index (χ1v) is 33.9. The normalized spacial score (nSPS) is 25.5.